The Bertz CT molecular complexity index is 401. The molecule has 5 heteroatoms. The van der Waals surface area contributed by atoms with Crippen molar-refractivity contribution in [3.63, 3.8) is 0 Å². The van der Waals surface area contributed by atoms with Crippen LogP contribution in [-0.4, -0.2) is 18.5 Å². The third-order valence-electron chi connectivity index (χ3n) is 2.54. The number of carbonyl (C=O) groups excluding carboxylic acids is 2. The number of fused-ring (bicyclic) bond motifs is 1. The lowest BCUT2D eigenvalue weighted by Gasteiger charge is -2.08. The van der Waals surface area contributed by atoms with Gasteiger partial charge in [-0.25, -0.2) is 4.79 Å². The van der Waals surface area contributed by atoms with E-state index in [1.807, 2.05) is 6.07 Å². The van der Waals surface area contributed by atoms with Crippen LogP contribution in [0.2, 0.25) is 0 Å². The molecule has 1 aromatic heterocycles. The van der Waals surface area contributed by atoms with Gasteiger partial charge in [-0.2, -0.15) is 0 Å². The summed E-state index contributed by atoms with van der Waals surface area (Å²) in [4.78, 5) is 23.9. The van der Waals surface area contributed by atoms with E-state index < -0.39 is 11.9 Å². The number of nitrogens with two attached hydrogens (primary N) is 1. The summed E-state index contributed by atoms with van der Waals surface area (Å²) in [5, 5.41) is 0. The van der Waals surface area contributed by atoms with Crippen molar-refractivity contribution < 1.29 is 14.3 Å². The van der Waals surface area contributed by atoms with E-state index in [9.17, 15) is 9.59 Å². The molecular weight excluding hydrogens is 226 g/mol. The molecule has 2 N–H and O–H groups in total. The Kier molecular flexibility index (Phi) is 3.24. The van der Waals surface area contributed by atoms with Gasteiger partial charge in [-0.15, -0.1) is 11.3 Å². The molecule has 2 rings (SSSR count). The fourth-order valence-corrected chi connectivity index (χ4v) is 2.95. The molecule has 0 atom stereocenters. The van der Waals surface area contributed by atoms with Crippen LogP contribution in [0.15, 0.2) is 6.07 Å². The van der Waals surface area contributed by atoms with Crippen LogP contribution in [0.3, 0.4) is 0 Å². The van der Waals surface area contributed by atoms with Gasteiger partial charge in [0.05, 0.1) is 0 Å². The molecule has 0 aromatic carbocycles. The van der Waals surface area contributed by atoms with Crippen molar-refractivity contribution in [2.24, 2.45) is 5.73 Å². The third kappa shape index (κ3) is 2.41. The first-order valence-electron chi connectivity index (χ1n) is 5.24. The van der Waals surface area contributed by atoms with Gasteiger partial charge in [0.15, 0.2) is 6.61 Å². The molecule has 0 saturated heterocycles. The van der Waals surface area contributed by atoms with E-state index in [0.717, 1.165) is 12.8 Å². The maximum absolute atomic E-state index is 11.5. The standard InChI is InChI=1S/C11H13NO3S/c12-10(13)6-15-11(14)9-5-7-3-1-2-4-8(7)16-9/h5H,1-4,6H2,(H2,12,13). The molecule has 86 valence electrons. The lowest BCUT2D eigenvalue weighted by molar-refractivity contribution is -0.121. The van der Waals surface area contributed by atoms with Crippen molar-refractivity contribution in [1.29, 1.82) is 0 Å². The Morgan fingerprint density at radius 2 is 2.12 bits per heavy atom. The predicted octanol–water partition coefficient (Wildman–Crippen LogP) is 1.27. The fraction of sp³-hybridized carbons (Fsp3) is 0.455. The van der Waals surface area contributed by atoms with E-state index in [2.05, 4.69) is 0 Å². The van der Waals surface area contributed by atoms with E-state index in [0.29, 0.717) is 4.88 Å². The third-order valence-corrected chi connectivity index (χ3v) is 3.76. The number of primary amides is 1. The Balaban J connectivity index is 2.06. The van der Waals surface area contributed by atoms with Gasteiger partial charge in [0.2, 0.25) is 0 Å². The van der Waals surface area contributed by atoms with Gasteiger partial charge in [0.1, 0.15) is 4.88 Å². The molecule has 4 nitrogen and oxygen atoms in total. The van der Waals surface area contributed by atoms with Crippen molar-refractivity contribution in [2.75, 3.05) is 6.61 Å². The molecule has 1 heterocycles. The van der Waals surface area contributed by atoms with Crippen molar-refractivity contribution >= 4 is 23.2 Å². The van der Waals surface area contributed by atoms with Gasteiger partial charge < -0.3 is 10.5 Å². The molecule has 1 amide bonds. The highest BCUT2D eigenvalue weighted by atomic mass is 32.1. The number of hydrogen-bond acceptors (Lipinski definition) is 4. The SMILES string of the molecule is NC(=O)COC(=O)c1cc2c(s1)CCCC2. The first-order valence-corrected chi connectivity index (χ1v) is 6.05. The number of carbonyl (C=O) groups is 2. The summed E-state index contributed by atoms with van der Waals surface area (Å²) < 4.78 is 4.76. The fourth-order valence-electron chi connectivity index (χ4n) is 1.80. The normalized spacial score (nSPS) is 14.2. The van der Waals surface area contributed by atoms with Gasteiger partial charge in [-0.05, 0) is 37.3 Å². The van der Waals surface area contributed by atoms with E-state index in [1.54, 1.807) is 0 Å². The number of thiophene rings is 1. The van der Waals surface area contributed by atoms with Crippen molar-refractivity contribution in [3.05, 3.63) is 21.4 Å². The van der Waals surface area contributed by atoms with Crippen LogP contribution in [0.1, 0.15) is 33.0 Å². The Morgan fingerprint density at radius 3 is 2.81 bits per heavy atom. The predicted molar refractivity (Wildman–Crippen MR) is 60.4 cm³/mol. The molecule has 0 bridgehead atoms. The van der Waals surface area contributed by atoms with Crippen LogP contribution in [0.5, 0.6) is 0 Å². The molecule has 0 saturated carbocycles. The second-order valence-electron chi connectivity index (χ2n) is 3.81. The summed E-state index contributed by atoms with van der Waals surface area (Å²) in [6, 6.07) is 1.88. The molecule has 1 aliphatic rings. The molecule has 0 spiro atoms. The monoisotopic (exact) mass is 239 g/mol. The van der Waals surface area contributed by atoms with E-state index >= 15 is 0 Å². The zero-order valence-electron chi connectivity index (χ0n) is 8.82. The minimum atomic E-state index is -0.630. The van der Waals surface area contributed by atoms with Crippen LogP contribution in [0.25, 0.3) is 0 Å². The van der Waals surface area contributed by atoms with Crippen molar-refractivity contribution in [2.45, 2.75) is 25.7 Å². The summed E-state index contributed by atoms with van der Waals surface area (Å²) in [5.41, 5.74) is 6.16. The second kappa shape index (κ2) is 4.65. The lowest BCUT2D eigenvalue weighted by atomic mass is 9.99. The van der Waals surface area contributed by atoms with E-state index in [4.69, 9.17) is 10.5 Å². The number of ether oxygens (including phenoxy) is 1. The zero-order chi connectivity index (χ0) is 11.5. The molecule has 0 aliphatic heterocycles. The zero-order valence-corrected chi connectivity index (χ0v) is 9.64. The summed E-state index contributed by atoms with van der Waals surface area (Å²) in [5.74, 6) is -1.08. The van der Waals surface area contributed by atoms with Gasteiger partial charge in [-0.3, -0.25) is 4.79 Å². The number of hydrogen-bond donors (Lipinski definition) is 1. The number of rotatable bonds is 3. The van der Waals surface area contributed by atoms with Crippen LogP contribution >= 0.6 is 11.3 Å². The first kappa shape index (κ1) is 11.1. The molecule has 0 fully saturated rings. The molecule has 0 unspecified atom stereocenters. The highest BCUT2D eigenvalue weighted by molar-refractivity contribution is 7.14. The summed E-state index contributed by atoms with van der Waals surface area (Å²) in [7, 11) is 0. The first-order chi connectivity index (χ1) is 7.66. The topological polar surface area (TPSA) is 69.4 Å². The molecule has 0 radical (unpaired) electrons. The summed E-state index contributed by atoms with van der Waals surface area (Å²) in [6.07, 6.45) is 4.45. The molecule has 1 aromatic rings. The van der Waals surface area contributed by atoms with Crippen LogP contribution in [0.4, 0.5) is 0 Å². The smallest absolute Gasteiger partial charge is 0.348 e. The van der Waals surface area contributed by atoms with Gasteiger partial charge in [0, 0.05) is 4.88 Å². The Morgan fingerprint density at radius 1 is 1.38 bits per heavy atom. The number of esters is 1. The maximum Gasteiger partial charge on any atom is 0.348 e. The average Bonchev–Trinajstić information content (AvgIpc) is 2.69. The number of aryl methyl sites for hydroxylation is 2. The molecule has 16 heavy (non-hydrogen) atoms. The minimum absolute atomic E-state index is 0.346. The largest absolute Gasteiger partial charge is 0.451 e. The van der Waals surface area contributed by atoms with Gasteiger partial charge in [-0.1, -0.05) is 0 Å². The molecule has 1 aliphatic carbocycles. The minimum Gasteiger partial charge on any atom is -0.451 e. The highest BCUT2D eigenvalue weighted by Gasteiger charge is 2.18. The van der Waals surface area contributed by atoms with E-state index in [1.165, 1.54) is 34.6 Å². The number of amides is 1. The quantitative estimate of drug-likeness (QED) is 0.807. The van der Waals surface area contributed by atoms with Crippen molar-refractivity contribution in [3.8, 4) is 0 Å². The van der Waals surface area contributed by atoms with Gasteiger partial charge >= 0.3 is 5.97 Å². The Hall–Kier alpha value is -1.36. The van der Waals surface area contributed by atoms with Crippen LogP contribution in [-0.2, 0) is 22.4 Å². The lowest BCUT2D eigenvalue weighted by Crippen LogP contribution is -2.20. The van der Waals surface area contributed by atoms with Crippen molar-refractivity contribution in [1.82, 2.24) is 0 Å². The van der Waals surface area contributed by atoms with Crippen LogP contribution < -0.4 is 5.73 Å². The van der Waals surface area contributed by atoms with Gasteiger partial charge in [0.25, 0.3) is 5.91 Å². The Labute approximate surface area is 97.4 Å². The second-order valence-corrected chi connectivity index (χ2v) is 4.95. The highest BCUT2D eigenvalue weighted by Crippen LogP contribution is 2.29. The average molecular weight is 239 g/mol. The van der Waals surface area contributed by atoms with E-state index in [-0.39, 0.29) is 6.61 Å². The summed E-state index contributed by atoms with van der Waals surface area (Å²) in [6.45, 7) is -0.346. The summed E-state index contributed by atoms with van der Waals surface area (Å²) >= 11 is 1.47. The molecular formula is C11H13NO3S. The van der Waals surface area contributed by atoms with Crippen LogP contribution in [0, 0.1) is 0 Å². The maximum atomic E-state index is 11.5.